The van der Waals surface area contributed by atoms with E-state index in [1.807, 2.05) is 0 Å². The number of rotatable bonds is 3. The number of hydrogen-bond donors (Lipinski definition) is 0. The van der Waals surface area contributed by atoms with E-state index >= 15 is 0 Å². The number of benzene rings is 1. The quantitative estimate of drug-likeness (QED) is 0.865. The smallest absolute Gasteiger partial charge is 0.262 e. The molecule has 0 amide bonds. The molecule has 0 radical (unpaired) electrons. The van der Waals surface area contributed by atoms with Gasteiger partial charge in [-0.05, 0) is 37.5 Å². The fraction of sp³-hybridized carbons (Fsp3) is 0.438. The van der Waals surface area contributed by atoms with Gasteiger partial charge in [-0.15, -0.1) is 0 Å². The second-order valence-electron chi connectivity index (χ2n) is 5.92. The van der Waals surface area contributed by atoms with E-state index < -0.39 is 10.0 Å². The number of sulfonamides is 1. The lowest BCUT2D eigenvalue weighted by molar-refractivity contribution is 0.255. The van der Waals surface area contributed by atoms with Crippen LogP contribution >= 0.6 is 0 Å². The lowest BCUT2D eigenvalue weighted by Crippen LogP contribution is -2.38. The molecule has 1 aromatic carbocycles. The highest BCUT2D eigenvalue weighted by atomic mass is 32.2. The van der Waals surface area contributed by atoms with Gasteiger partial charge in [-0.25, -0.2) is 17.8 Å². The van der Waals surface area contributed by atoms with Crippen molar-refractivity contribution in [2.75, 3.05) is 6.54 Å². The Morgan fingerprint density at radius 3 is 2.74 bits per heavy atom. The van der Waals surface area contributed by atoms with Crippen LogP contribution < -0.4 is 0 Å². The Hall–Kier alpha value is -1.73. The second kappa shape index (κ2) is 6.05. The minimum atomic E-state index is -3.69. The average molecular weight is 337 g/mol. The van der Waals surface area contributed by atoms with E-state index in [-0.39, 0.29) is 16.9 Å². The predicted octanol–water partition coefficient (Wildman–Crippen LogP) is 2.78. The van der Waals surface area contributed by atoms with Crippen LogP contribution in [0.2, 0.25) is 0 Å². The lowest BCUT2D eigenvalue weighted by Gasteiger charge is -2.34. The molecule has 1 atom stereocenters. The number of aryl methyl sites for hydroxylation is 2. The number of halogens is 1. The van der Waals surface area contributed by atoms with Crippen molar-refractivity contribution in [3.05, 3.63) is 47.7 Å². The van der Waals surface area contributed by atoms with Gasteiger partial charge in [0, 0.05) is 19.8 Å². The highest BCUT2D eigenvalue weighted by Gasteiger charge is 2.36. The molecule has 0 saturated carbocycles. The molecule has 1 fully saturated rings. The van der Waals surface area contributed by atoms with Crippen LogP contribution in [0.4, 0.5) is 4.39 Å². The highest BCUT2D eigenvalue weighted by Crippen LogP contribution is 2.35. The highest BCUT2D eigenvalue weighted by molar-refractivity contribution is 7.89. The van der Waals surface area contributed by atoms with Gasteiger partial charge in [-0.1, -0.05) is 18.6 Å². The molecular weight excluding hydrogens is 317 g/mol. The van der Waals surface area contributed by atoms with Crippen LogP contribution in [0.5, 0.6) is 0 Å². The van der Waals surface area contributed by atoms with E-state index in [1.54, 1.807) is 30.7 Å². The van der Waals surface area contributed by atoms with Gasteiger partial charge in [0.2, 0.25) is 0 Å². The Kier molecular flexibility index (Phi) is 4.25. The Balaban J connectivity index is 2.01. The summed E-state index contributed by atoms with van der Waals surface area (Å²) in [4.78, 5) is 4.16. The molecule has 1 aliphatic heterocycles. The Bertz CT molecular complexity index is 797. The Labute approximate surface area is 135 Å². The summed E-state index contributed by atoms with van der Waals surface area (Å²) < 4.78 is 42.7. The van der Waals surface area contributed by atoms with Crippen molar-refractivity contribution < 1.29 is 12.8 Å². The maximum Gasteiger partial charge on any atom is 0.262 e. The molecule has 124 valence electrons. The van der Waals surface area contributed by atoms with Crippen molar-refractivity contribution in [2.24, 2.45) is 7.05 Å². The summed E-state index contributed by atoms with van der Waals surface area (Å²) in [5.41, 5.74) is 0.695. The standard InChI is InChI=1S/C16H20FN3O2S/c1-12-18-16(11-19(12)2)23(21,22)20-9-4-3-8-15(20)13-6-5-7-14(17)10-13/h5-7,10-11,15H,3-4,8-9H2,1-2H3/t15-/m0/s1. The molecule has 5 nitrogen and oxygen atoms in total. The van der Waals surface area contributed by atoms with Gasteiger partial charge in [0.1, 0.15) is 11.6 Å². The zero-order valence-electron chi connectivity index (χ0n) is 13.2. The molecule has 0 N–H and O–H groups in total. The van der Waals surface area contributed by atoms with Crippen LogP contribution in [-0.4, -0.2) is 28.8 Å². The summed E-state index contributed by atoms with van der Waals surface area (Å²) in [7, 11) is -1.93. The van der Waals surface area contributed by atoms with Gasteiger partial charge in [0.05, 0.1) is 6.04 Å². The monoisotopic (exact) mass is 337 g/mol. The van der Waals surface area contributed by atoms with Gasteiger partial charge >= 0.3 is 0 Å². The minimum absolute atomic E-state index is 0.0563. The molecule has 23 heavy (non-hydrogen) atoms. The molecule has 0 spiro atoms. The zero-order valence-corrected chi connectivity index (χ0v) is 14.1. The average Bonchev–Trinajstić information content (AvgIpc) is 2.87. The molecule has 0 bridgehead atoms. The Morgan fingerprint density at radius 2 is 2.09 bits per heavy atom. The van der Waals surface area contributed by atoms with E-state index in [4.69, 9.17) is 0 Å². The van der Waals surface area contributed by atoms with Gasteiger partial charge in [0.25, 0.3) is 10.0 Å². The first kappa shape index (κ1) is 16.1. The van der Waals surface area contributed by atoms with Crippen molar-refractivity contribution in [3.8, 4) is 0 Å². The summed E-state index contributed by atoms with van der Waals surface area (Å²) in [5.74, 6) is 0.294. The van der Waals surface area contributed by atoms with Gasteiger partial charge < -0.3 is 4.57 Å². The SMILES string of the molecule is Cc1nc(S(=O)(=O)N2CCCC[C@H]2c2cccc(F)c2)cn1C. The van der Waals surface area contributed by atoms with Crippen LogP contribution in [0.25, 0.3) is 0 Å². The fourth-order valence-corrected chi connectivity index (χ4v) is 4.72. The lowest BCUT2D eigenvalue weighted by atomic mass is 9.97. The van der Waals surface area contributed by atoms with E-state index in [0.717, 1.165) is 12.8 Å². The predicted molar refractivity (Wildman–Crippen MR) is 84.8 cm³/mol. The van der Waals surface area contributed by atoms with Crippen LogP contribution in [0.1, 0.15) is 36.7 Å². The number of hydrogen-bond acceptors (Lipinski definition) is 3. The van der Waals surface area contributed by atoms with Crippen LogP contribution in [0.3, 0.4) is 0 Å². The largest absolute Gasteiger partial charge is 0.337 e. The third-order valence-electron chi connectivity index (χ3n) is 4.35. The second-order valence-corrected chi connectivity index (χ2v) is 7.76. The fourth-order valence-electron chi connectivity index (χ4n) is 3.01. The van der Waals surface area contributed by atoms with Gasteiger partial charge in [0.15, 0.2) is 5.03 Å². The molecular formula is C16H20FN3O2S. The van der Waals surface area contributed by atoms with Crippen molar-refractivity contribution in [1.82, 2.24) is 13.9 Å². The van der Waals surface area contributed by atoms with Crippen LogP contribution in [-0.2, 0) is 17.1 Å². The third kappa shape index (κ3) is 3.03. The van der Waals surface area contributed by atoms with E-state index in [1.165, 1.54) is 22.6 Å². The molecule has 3 rings (SSSR count). The zero-order chi connectivity index (χ0) is 16.6. The molecule has 1 aromatic heterocycles. The summed E-state index contributed by atoms with van der Waals surface area (Å²) in [6, 6.07) is 5.85. The summed E-state index contributed by atoms with van der Waals surface area (Å²) in [6.45, 7) is 2.19. The van der Waals surface area contributed by atoms with Crippen LogP contribution in [0.15, 0.2) is 35.5 Å². The number of piperidine rings is 1. The van der Waals surface area contributed by atoms with Crippen molar-refractivity contribution in [2.45, 2.75) is 37.3 Å². The summed E-state index contributed by atoms with van der Waals surface area (Å²) in [5, 5.41) is 0.0563. The topological polar surface area (TPSA) is 55.2 Å². The molecule has 0 aliphatic carbocycles. The van der Waals surface area contributed by atoms with Gasteiger partial charge in [-0.3, -0.25) is 0 Å². The molecule has 2 heterocycles. The normalized spacial score (nSPS) is 19.9. The van der Waals surface area contributed by atoms with Crippen molar-refractivity contribution in [1.29, 1.82) is 0 Å². The Morgan fingerprint density at radius 1 is 1.30 bits per heavy atom. The minimum Gasteiger partial charge on any atom is -0.337 e. The van der Waals surface area contributed by atoms with E-state index in [2.05, 4.69) is 4.98 Å². The van der Waals surface area contributed by atoms with Crippen molar-refractivity contribution in [3.63, 3.8) is 0 Å². The van der Waals surface area contributed by atoms with E-state index in [9.17, 15) is 12.8 Å². The van der Waals surface area contributed by atoms with Crippen LogP contribution in [0, 0.1) is 12.7 Å². The summed E-state index contributed by atoms with van der Waals surface area (Å²) in [6.07, 6.45) is 3.95. The first-order valence-corrected chi connectivity index (χ1v) is 9.11. The number of aromatic nitrogens is 2. The number of imidazole rings is 1. The summed E-state index contributed by atoms with van der Waals surface area (Å²) >= 11 is 0. The molecule has 2 aromatic rings. The maximum absolute atomic E-state index is 13.5. The third-order valence-corrected chi connectivity index (χ3v) is 6.13. The first-order valence-electron chi connectivity index (χ1n) is 7.67. The maximum atomic E-state index is 13.5. The van der Waals surface area contributed by atoms with E-state index in [0.29, 0.717) is 24.4 Å². The molecule has 1 aliphatic rings. The number of nitrogens with zero attached hydrogens (tertiary/aromatic N) is 3. The first-order chi connectivity index (χ1) is 10.9. The molecule has 7 heteroatoms. The van der Waals surface area contributed by atoms with Crippen molar-refractivity contribution >= 4 is 10.0 Å². The molecule has 1 saturated heterocycles. The van der Waals surface area contributed by atoms with Gasteiger partial charge in [-0.2, -0.15) is 4.31 Å². The molecule has 0 unspecified atom stereocenters.